The third-order valence-corrected chi connectivity index (χ3v) is 8.35. The quantitative estimate of drug-likeness (QED) is 0.253. The van der Waals surface area contributed by atoms with Crippen LogP contribution in [-0.2, 0) is 29.1 Å². The fourth-order valence-electron chi connectivity index (χ4n) is 6.10. The molecule has 1 N–H and O–H groups in total. The number of nitrogens with one attached hydrogen (secondary N) is 1. The second kappa shape index (κ2) is 11.2. The van der Waals surface area contributed by atoms with Crippen molar-refractivity contribution in [2.75, 3.05) is 25.0 Å². The zero-order chi connectivity index (χ0) is 28.5. The van der Waals surface area contributed by atoms with Gasteiger partial charge in [-0.3, -0.25) is 29.6 Å². The third-order valence-electron chi connectivity index (χ3n) is 8.35. The molecule has 0 spiro atoms. The van der Waals surface area contributed by atoms with Crippen LogP contribution in [0.3, 0.4) is 0 Å². The summed E-state index contributed by atoms with van der Waals surface area (Å²) in [6.45, 7) is 5.91. The van der Waals surface area contributed by atoms with E-state index in [1.807, 2.05) is 35.2 Å². The number of fused-ring (bicyclic) bond motifs is 2. The van der Waals surface area contributed by atoms with Crippen LogP contribution in [0.25, 0.3) is 0 Å². The molecule has 0 aromatic heterocycles. The van der Waals surface area contributed by atoms with Gasteiger partial charge >= 0.3 is 0 Å². The number of rotatable bonds is 6. The van der Waals surface area contributed by atoms with Gasteiger partial charge in [-0.05, 0) is 72.8 Å². The van der Waals surface area contributed by atoms with E-state index in [1.165, 1.54) is 37.0 Å². The summed E-state index contributed by atoms with van der Waals surface area (Å²) < 4.78 is 0. The lowest BCUT2D eigenvalue weighted by molar-refractivity contribution is -0.384. The summed E-state index contributed by atoms with van der Waals surface area (Å²) in [6, 6.07) is 18.6. The lowest BCUT2D eigenvalue weighted by Crippen LogP contribution is -2.34. The number of anilines is 1. The number of carbonyl (C=O) groups is 2. The maximum atomic E-state index is 13.4. The Hall–Kier alpha value is -4.37. The summed E-state index contributed by atoms with van der Waals surface area (Å²) in [5.41, 5.74) is 6.53. The number of hydrogen-bond donors (Lipinski definition) is 1. The zero-order valence-corrected chi connectivity index (χ0v) is 23.1. The molecule has 3 aromatic carbocycles. The summed E-state index contributed by atoms with van der Waals surface area (Å²) >= 11 is 0. The third kappa shape index (κ3) is 5.63. The second-order valence-corrected chi connectivity index (χ2v) is 11.1. The van der Waals surface area contributed by atoms with Gasteiger partial charge < -0.3 is 10.2 Å². The van der Waals surface area contributed by atoms with Crippen molar-refractivity contribution in [3.63, 3.8) is 0 Å². The highest BCUT2D eigenvalue weighted by atomic mass is 16.6. The van der Waals surface area contributed by atoms with E-state index in [4.69, 9.17) is 4.99 Å². The Labute approximate surface area is 239 Å². The number of amides is 2. The molecule has 210 valence electrons. The molecule has 1 unspecified atom stereocenters. The van der Waals surface area contributed by atoms with Gasteiger partial charge in [-0.2, -0.15) is 0 Å². The number of nitro benzene ring substituents is 1. The standard InChI is InChI=1S/C32H33N5O4/c1-21(38)36-16-13-24-17-26(10-9-25(24)20-36)33-31(23-7-5-22(6-8-23)19-35-14-3-2-4-15-35)30-28-18-27(37(40)41)11-12-29(28)34-32(30)39/h5-12,17-18,30H,2-4,13-16,19-20H2,1H3,(H,34,39). The van der Waals surface area contributed by atoms with E-state index < -0.39 is 10.8 Å². The Morgan fingerprint density at radius 1 is 1.00 bits per heavy atom. The summed E-state index contributed by atoms with van der Waals surface area (Å²) in [6.07, 6.45) is 4.48. The van der Waals surface area contributed by atoms with Crippen molar-refractivity contribution in [1.82, 2.24) is 9.80 Å². The fraction of sp³-hybridized carbons (Fsp3) is 0.344. The minimum absolute atomic E-state index is 0.0590. The molecule has 0 bridgehead atoms. The van der Waals surface area contributed by atoms with Crippen molar-refractivity contribution < 1.29 is 14.5 Å². The monoisotopic (exact) mass is 551 g/mol. The van der Waals surface area contributed by atoms with Crippen LogP contribution in [0.1, 0.15) is 59.9 Å². The Morgan fingerprint density at radius 2 is 1.78 bits per heavy atom. The Bertz CT molecular complexity index is 1540. The van der Waals surface area contributed by atoms with E-state index in [1.54, 1.807) is 13.0 Å². The molecule has 1 fully saturated rings. The van der Waals surface area contributed by atoms with E-state index in [0.29, 0.717) is 35.7 Å². The topological polar surface area (TPSA) is 108 Å². The molecular formula is C32H33N5O4. The highest BCUT2D eigenvalue weighted by Crippen LogP contribution is 2.38. The van der Waals surface area contributed by atoms with Gasteiger partial charge in [0.15, 0.2) is 0 Å². The highest BCUT2D eigenvalue weighted by molar-refractivity contribution is 6.24. The minimum atomic E-state index is -0.790. The smallest absolute Gasteiger partial charge is 0.269 e. The molecule has 0 radical (unpaired) electrons. The van der Waals surface area contributed by atoms with Crippen molar-refractivity contribution in [2.24, 2.45) is 4.99 Å². The molecule has 2 amide bonds. The zero-order valence-electron chi connectivity index (χ0n) is 23.1. The van der Waals surface area contributed by atoms with Crippen molar-refractivity contribution in [3.05, 3.63) is 98.6 Å². The fourth-order valence-corrected chi connectivity index (χ4v) is 6.10. The van der Waals surface area contributed by atoms with E-state index >= 15 is 0 Å². The molecule has 9 heteroatoms. The van der Waals surface area contributed by atoms with E-state index in [-0.39, 0.29) is 17.5 Å². The number of carbonyl (C=O) groups excluding carboxylic acids is 2. The molecular weight excluding hydrogens is 518 g/mol. The van der Waals surface area contributed by atoms with E-state index in [9.17, 15) is 19.7 Å². The summed E-state index contributed by atoms with van der Waals surface area (Å²) in [7, 11) is 0. The Kier molecular flexibility index (Phi) is 7.36. The largest absolute Gasteiger partial charge is 0.338 e. The lowest BCUT2D eigenvalue weighted by Gasteiger charge is -2.28. The van der Waals surface area contributed by atoms with Gasteiger partial charge in [-0.1, -0.05) is 36.8 Å². The Morgan fingerprint density at radius 3 is 2.51 bits per heavy atom. The first-order valence-electron chi connectivity index (χ1n) is 14.2. The maximum Gasteiger partial charge on any atom is 0.269 e. The van der Waals surface area contributed by atoms with Crippen LogP contribution in [0.2, 0.25) is 0 Å². The molecule has 41 heavy (non-hydrogen) atoms. The predicted octanol–water partition coefficient (Wildman–Crippen LogP) is 5.34. The molecule has 3 aliphatic rings. The number of piperidine rings is 1. The summed E-state index contributed by atoms with van der Waals surface area (Å²) in [5, 5.41) is 14.5. The average molecular weight is 552 g/mol. The lowest BCUT2D eigenvalue weighted by atomic mass is 9.89. The molecule has 0 saturated carbocycles. The second-order valence-electron chi connectivity index (χ2n) is 11.1. The Balaban J connectivity index is 1.38. The molecule has 3 aliphatic heterocycles. The van der Waals surface area contributed by atoms with Gasteiger partial charge in [0, 0.05) is 49.9 Å². The van der Waals surface area contributed by atoms with Gasteiger partial charge in [0.05, 0.1) is 16.3 Å². The number of non-ortho nitro benzene ring substituents is 1. The highest BCUT2D eigenvalue weighted by Gasteiger charge is 2.37. The number of nitro groups is 1. The molecule has 1 atom stereocenters. The molecule has 0 aliphatic carbocycles. The van der Waals surface area contributed by atoms with Gasteiger partial charge in [0.2, 0.25) is 11.8 Å². The van der Waals surface area contributed by atoms with Crippen LogP contribution in [-0.4, -0.2) is 51.9 Å². The van der Waals surface area contributed by atoms with Gasteiger partial charge in [-0.25, -0.2) is 0 Å². The predicted molar refractivity (Wildman–Crippen MR) is 157 cm³/mol. The first kappa shape index (κ1) is 26.8. The molecule has 3 heterocycles. The normalized spacial score (nSPS) is 19.0. The summed E-state index contributed by atoms with van der Waals surface area (Å²) in [4.78, 5) is 45.7. The van der Waals surface area contributed by atoms with Gasteiger partial charge in [-0.15, -0.1) is 0 Å². The summed E-state index contributed by atoms with van der Waals surface area (Å²) in [5.74, 6) is -0.988. The van der Waals surface area contributed by atoms with Crippen LogP contribution in [0.15, 0.2) is 65.7 Å². The molecule has 3 aromatic rings. The molecule has 9 nitrogen and oxygen atoms in total. The number of likely N-dealkylation sites (tertiary alicyclic amines) is 1. The molecule has 1 saturated heterocycles. The first-order valence-corrected chi connectivity index (χ1v) is 14.2. The van der Waals surface area contributed by atoms with Crippen molar-refractivity contribution in [1.29, 1.82) is 0 Å². The van der Waals surface area contributed by atoms with Gasteiger partial charge in [0.25, 0.3) is 5.69 Å². The van der Waals surface area contributed by atoms with Crippen molar-refractivity contribution >= 4 is 34.6 Å². The minimum Gasteiger partial charge on any atom is -0.338 e. The molecule has 6 rings (SSSR count). The first-order chi connectivity index (χ1) is 19.9. The number of benzene rings is 3. The van der Waals surface area contributed by atoms with Crippen molar-refractivity contribution in [2.45, 2.75) is 51.6 Å². The van der Waals surface area contributed by atoms with Crippen LogP contribution in [0, 0.1) is 10.1 Å². The average Bonchev–Trinajstić information content (AvgIpc) is 3.31. The maximum absolute atomic E-state index is 13.4. The SMILES string of the molecule is CC(=O)N1CCc2cc(N=C(c3ccc(CN4CCCCC4)cc3)C3C(=O)Nc4ccc([N+](=O)[O-])cc43)ccc2C1. The van der Waals surface area contributed by atoms with Crippen LogP contribution < -0.4 is 5.32 Å². The van der Waals surface area contributed by atoms with Gasteiger partial charge in [0.1, 0.15) is 5.92 Å². The number of aliphatic imine (C=N–C) groups is 1. The van der Waals surface area contributed by atoms with Crippen LogP contribution >= 0.6 is 0 Å². The number of hydrogen-bond acceptors (Lipinski definition) is 6. The van der Waals surface area contributed by atoms with E-state index in [2.05, 4.69) is 22.3 Å². The van der Waals surface area contributed by atoms with Crippen molar-refractivity contribution in [3.8, 4) is 0 Å². The van der Waals surface area contributed by atoms with Crippen LogP contribution in [0.4, 0.5) is 17.1 Å². The van der Waals surface area contributed by atoms with E-state index in [0.717, 1.165) is 42.7 Å². The van der Waals surface area contributed by atoms with Crippen LogP contribution in [0.5, 0.6) is 0 Å². The number of nitrogens with zero attached hydrogens (tertiary/aromatic N) is 4.